The van der Waals surface area contributed by atoms with E-state index in [0.29, 0.717) is 43.7 Å². The van der Waals surface area contributed by atoms with Crippen molar-refractivity contribution < 1.29 is 14.4 Å². The summed E-state index contributed by atoms with van der Waals surface area (Å²) in [6.07, 6.45) is 6.31. The number of primary amides is 1. The largest absolute Gasteiger partial charge is 0.370 e. The third-order valence-electron chi connectivity index (χ3n) is 6.08. The second-order valence-corrected chi connectivity index (χ2v) is 8.34. The van der Waals surface area contributed by atoms with Crippen LogP contribution in [0.5, 0.6) is 0 Å². The van der Waals surface area contributed by atoms with Crippen LogP contribution in [0.3, 0.4) is 0 Å². The zero-order chi connectivity index (χ0) is 21.0. The quantitative estimate of drug-likeness (QED) is 0.555. The van der Waals surface area contributed by atoms with E-state index in [1.807, 2.05) is 18.3 Å². The van der Waals surface area contributed by atoms with Gasteiger partial charge in [-0.25, -0.2) is 4.52 Å². The Morgan fingerprint density at radius 3 is 2.72 bits per heavy atom. The van der Waals surface area contributed by atoms with E-state index >= 15 is 0 Å². The molecule has 1 fully saturated rings. The van der Waals surface area contributed by atoms with Crippen molar-refractivity contribution in [2.45, 2.75) is 52.0 Å². The minimum Gasteiger partial charge on any atom is -0.370 e. The molecule has 29 heavy (non-hydrogen) atoms. The van der Waals surface area contributed by atoms with E-state index in [1.54, 1.807) is 16.8 Å². The average Bonchev–Trinajstić information content (AvgIpc) is 3.15. The van der Waals surface area contributed by atoms with Gasteiger partial charge in [0.15, 0.2) is 0 Å². The van der Waals surface area contributed by atoms with Crippen molar-refractivity contribution in [3.05, 3.63) is 36.2 Å². The zero-order valence-corrected chi connectivity index (χ0v) is 17.0. The Balaban J connectivity index is 1.46. The molecule has 8 nitrogen and oxygen atoms in total. The number of hydrogen-bond acceptors (Lipinski definition) is 4. The van der Waals surface area contributed by atoms with Gasteiger partial charge < -0.3 is 16.4 Å². The van der Waals surface area contributed by atoms with Gasteiger partial charge in [0.1, 0.15) is 0 Å². The fraction of sp³-hybridized carbons (Fsp3) is 0.524. The van der Waals surface area contributed by atoms with Gasteiger partial charge in [-0.05, 0) is 48.8 Å². The highest BCUT2D eigenvalue weighted by Crippen LogP contribution is 2.46. The second kappa shape index (κ2) is 8.63. The van der Waals surface area contributed by atoms with Gasteiger partial charge in [0.05, 0.1) is 17.3 Å². The van der Waals surface area contributed by atoms with E-state index in [9.17, 15) is 14.4 Å². The van der Waals surface area contributed by atoms with E-state index in [0.717, 1.165) is 11.9 Å². The minimum absolute atomic E-state index is 0.00911. The van der Waals surface area contributed by atoms with Crippen molar-refractivity contribution in [3.63, 3.8) is 0 Å². The molecule has 2 atom stereocenters. The first-order chi connectivity index (χ1) is 13.8. The van der Waals surface area contributed by atoms with Gasteiger partial charge in [-0.1, -0.05) is 13.8 Å². The van der Waals surface area contributed by atoms with Crippen LogP contribution < -0.4 is 16.4 Å². The third kappa shape index (κ3) is 4.75. The van der Waals surface area contributed by atoms with Crippen LogP contribution in [-0.4, -0.2) is 39.9 Å². The van der Waals surface area contributed by atoms with Gasteiger partial charge in [-0.3, -0.25) is 14.4 Å². The summed E-state index contributed by atoms with van der Waals surface area (Å²) in [5, 5.41) is 10.3. The van der Waals surface area contributed by atoms with Gasteiger partial charge in [0.25, 0.3) is 5.91 Å². The topological polar surface area (TPSA) is 119 Å². The predicted molar refractivity (Wildman–Crippen MR) is 109 cm³/mol. The molecule has 1 aliphatic carbocycles. The fourth-order valence-corrected chi connectivity index (χ4v) is 3.90. The zero-order valence-electron chi connectivity index (χ0n) is 17.0. The fourth-order valence-electron chi connectivity index (χ4n) is 3.90. The highest BCUT2D eigenvalue weighted by Gasteiger charge is 2.48. The summed E-state index contributed by atoms with van der Waals surface area (Å²) < 4.78 is 1.68. The smallest absolute Gasteiger partial charge is 0.253 e. The normalized spacial score (nSPS) is 20.1. The van der Waals surface area contributed by atoms with Crippen LogP contribution in [0.2, 0.25) is 0 Å². The lowest BCUT2D eigenvalue weighted by atomic mass is 9.58. The number of aromatic nitrogens is 2. The number of fused-ring (bicyclic) bond motifs is 1. The van der Waals surface area contributed by atoms with Gasteiger partial charge in [0, 0.05) is 31.6 Å². The summed E-state index contributed by atoms with van der Waals surface area (Å²) in [5.41, 5.74) is 6.37. The van der Waals surface area contributed by atoms with E-state index in [2.05, 4.69) is 29.6 Å². The maximum atomic E-state index is 12.8. The number of nitrogens with one attached hydrogen (secondary N) is 2. The Morgan fingerprint density at radius 2 is 2.00 bits per heavy atom. The molecule has 0 bridgehead atoms. The van der Waals surface area contributed by atoms with E-state index < -0.39 is 0 Å². The summed E-state index contributed by atoms with van der Waals surface area (Å²) in [6, 6.07) is 5.48. The minimum atomic E-state index is -0.334. The highest BCUT2D eigenvalue weighted by atomic mass is 16.2. The highest BCUT2D eigenvalue weighted by molar-refractivity contribution is 6.00. The number of rotatable bonds is 9. The average molecular weight is 399 g/mol. The van der Waals surface area contributed by atoms with Crippen molar-refractivity contribution in [2.75, 3.05) is 6.54 Å². The third-order valence-corrected chi connectivity index (χ3v) is 6.08. The molecule has 2 aromatic rings. The van der Waals surface area contributed by atoms with Gasteiger partial charge in [-0.2, -0.15) is 5.10 Å². The summed E-state index contributed by atoms with van der Waals surface area (Å²) in [7, 11) is 0. The maximum absolute atomic E-state index is 12.8. The molecule has 156 valence electrons. The summed E-state index contributed by atoms with van der Waals surface area (Å²) in [6.45, 7) is 4.82. The van der Waals surface area contributed by atoms with E-state index in [-0.39, 0.29) is 29.2 Å². The van der Waals surface area contributed by atoms with Crippen molar-refractivity contribution in [1.29, 1.82) is 0 Å². The van der Waals surface area contributed by atoms with Crippen molar-refractivity contribution in [2.24, 2.45) is 17.1 Å². The van der Waals surface area contributed by atoms with Crippen LogP contribution in [0.4, 0.5) is 0 Å². The van der Waals surface area contributed by atoms with Crippen LogP contribution in [0.25, 0.3) is 5.52 Å². The number of carbonyl (C=O) groups excluding carboxylic acids is 3. The number of unbranched alkanes of at least 4 members (excludes halogenated alkanes) is 1. The molecule has 0 saturated heterocycles. The molecule has 2 unspecified atom stereocenters. The molecule has 3 rings (SSSR count). The summed E-state index contributed by atoms with van der Waals surface area (Å²) >= 11 is 0. The van der Waals surface area contributed by atoms with E-state index in [4.69, 9.17) is 5.73 Å². The van der Waals surface area contributed by atoms with E-state index in [1.165, 1.54) is 0 Å². The number of carbonyl (C=O) groups is 3. The van der Waals surface area contributed by atoms with Crippen LogP contribution in [0, 0.1) is 11.3 Å². The molecule has 0 radical (unpaired) electrons. The second-order valence-electron chi connectivity index (χ2n) is 8.34. The van der Waals surface area contributed by atoms with Crippen molar-refractivity contribution >= 4 is 23.2 Å². The Kier molecular flexibility index (Phi) is 6.20. The first-order valence-corrected chi connectivity index (χ1v) is 10.1. The lowest BCUT2D eigenvalue weighted by Gasteiger charge is -2.52. The molecule has 8 heteroatoms. The molecule has 4 N–H and O–H groups in total. The molecule has 0 spiro atoms. The summed E-state index contributed by atoms with van der Waals surface area (Å²) in [4.78, 5) is 35.5. The molecule has 3 amide bonds. The number of amides is 3. The first kappa shape index (κ1) is 20.8. The number of nitrogens with two attached hydrogens (primary N) is 1. The van der Waals surface area contributed by atoms with Crippen molar-refractivity contribution in [3.8, 4) is 0 Å². The molecule has 0 aromatic carbocycles. The van der Waals surface area contributed by atoms with Crippen LogP contribution in [0.15, 0.2) is 30.6 Å². The number of pyridine rings is 1. The number of hydrogen-bond donors (Lipinski definition) is 3. The molecular weight excluding hydrogens is 370 g/mol. The Morgan fingerprint density at radius 1 is 1.24 bits per heavy atom. The van der Waals surface area contributed by atoms with Gasteiger partial charge in [0.2, 0.25) is 11.8 Å². The lowest BCUT2D eigenvalue weighted by molar-refractivity contribution is -0.122. The molecule has 0 aliphatic heterocycles. The maximum Gasteiger partial charge on any atom is 0.253 e. The predicted octanol–water partition coefficient (Wildman–Crippen LogP) is 1.64. The molecule has 2 heterocycles. The number of nitrogens with zero attached hydrogens (tertiary/aromatic N) is 2. The Hall–Kier alpha value is -2.90. The SMILES string of the molecule is CC1(C)C(CNC(=O)CCCCC(N)=O)CC1NC(=O)c1cccn2nccc12. The van der Waals surface area contributed by atoms with Gasteiger partial charge >= 0.3 is 0 Å². The lowest BCUT2D eigenvalue weighted by Crippen LogP contribution is -2.60. The molecule has 2 aromatic heterocycles. The standard InChI is InChI=1S/C21H29N5O3/c1-21(2)14(13-23-19(28)8-4-3-7-18(22)27)12-17(21)25-20(29)15-6-5-11-26-16(15)9-10-24-26/h5-6,9-11,14,17H,3-4,7-8,12-13H2,1-2H3,(H2,22,27)(H,23,28)(H,25,29). The first-order valence-electron chi connectivity index (χ1n) is 10.1. The van der Waals surface area contributed by atoms with Crippen LogP contribution in [0.1, 0.15) is 56.3 Å². The summed E-state index contributed by atoms with van der Waals surface area (Å²) in [5.74, 6) is -0.149. The Bertz CT molecular complexity index is 905. The molecule has 1 saturated carbocycles. The monoisotopic (exact) mass is 399 g/mol. The molecular formula is C21H29N5O3. The van der Waals surface area contributed by atoms with Crippen molar-refractivity contribution in [1.82, 2.24) is 20.2 Å². The van der Waals surface area contributed by atoms with Crippen LogP contribution in [-0.2, 0) is 9.59 Å². The van der Waals surface area contributed by atoms with Crippen LogP contribution >= 0.6 is 0 Å². The Labute approximate surface area is 170 Å². The molecule has 1 aliphatic rings. The van der Waals surface area contributed by atoms with Gasteiger partial charge in [-0.15, -0.1) is 0 Å².